The molecule has 1 N–H and O–H groups in total. The Hall–Kier alpha value is -2.04. The van der Waals surface area contributed by atoms with Crippen molar-refractivity contribution < 1.29 is 9.59 Å². The monoisotopic (exact) mass is 331 g/mol. The standard InChI is InChI=1S/C19H29N3O2/c1-14(2)19(24)22-11-5-6-16(13-22)18(23)20-12-15-7-9-17(10-8-15)21(3)4/h7-10,14,16H,5-6,11-13H2,1-4H3,(H,20,23). The first-order valence-electron chi connectivity index (χ1n) is 8.71. The molecule has 2 amide bonds. The molecule has 2 rings (SSSR count). The van der Waals surface area contributed by atoms with Crippen LogP contribution in [0, 0.1) is 11.8 Å². The van der Waals surface area contributed by atoms with Crippen molar-refractivity contribution in [2.75, 3.05) is 32.1 Å². The lowest BCUT2D eigenvalue weighted by atomic mass is 9.96. The van der Waals surface area contributed by atoms with Crippen LogP contribution in [0.1, 0.15) is 32.3 Å². The zero-order chi connectivity index (χ0) is 17.7. The van der Waals surface area contributed by atoms with Crippen LogP contribution in [0.5, 0.6) is 0 Å². The average molecular weight is 331 g/mol. The molecule has 5 nitrogen and oxygen atoms in total. The molecule has 24 heavy (non-hydrogen) atoms. The molecule has 1 aliphatic heterocycles. The number of piperidine rings is 1. The average Bonchev–Trinajstić information content (AvgIpc) is 2.59. The minimum absolute atomic E-state index is 0.0120. The Morgan fingerprint density at radius 1 is 1.25 bits per heavy atom. The number of anilines is 1. The topological polar surface area (TPSA) is 52.7 Å². The summed E-state index contributed by atoms with van der Waals surface area (Å²) < 4.78 is 0. The van der Waals surface area contributed by atoms with E-state index in [0.717, 1.165) is 30.6 Å². The normalized spacial score (nSPS) is 17.7. The molecule has 1 atom stereocenters. The zero-order valence-electron chi connectivity index (χ0n) is 15.2. The van der Waals surface area contributed by atoms with Crippen LogP contribution >= 0.6 is 0 Å². The van der Waals surface area contributed by atoms with Gasteiger partial charge in [0.2, 0.25) is 11.8 Å². The molecular weight excluding hydrogens is 302 g/mol. The first-order valence-corrected chi connectivity index (χ1v) is 8.71. The van der Waals surface area contributed by atoms with E-state index in [0.29, 0.717) is 13.1 Å². The van der Waals surface area contributed by atoms with Gasteiger partial charge in [-0.1, -0.05) is 26.0 Å². The highest BCUT2D eigenvalue weighted by Crippen LogP contribution is 2.19. The van der Waals surface area contributed by atoms with Crippen molar-refractivity contribution in [3.05, 3.63) is 29.8 Å². The molecule has 0 aromatic heterocycles. The largest absolute Gasteiger partial charge is 0.378 e. The van der Waals surface area contributed by atoms with Crippen molar-refractivity contribution in [2.24, 2.45) is 11.8 Å². The summed E-state index contributed by atoms with van der Waals surface area (Å²) in [4.78, 5) is 28.4. The quantitative estimate of drug-likeness (QED) is 0.900. The summed E-state index contributed by atoms with van der Waals surface area (Å²) in [6, 6.07) is 8.16. The molecular formula is C19H29N3O2. The number of rotatable bonds is 5. The van der Waals surface area contributed by atoms with Gasteiger partial charge in [-0.15, -0.1) is 0 Å². The second kappa shape index (κ2) is 8.18. The molecule has 0 aliphatic carbocycles. The maximum atomic E-state index is 12.4. The van der Waals surface area contributed by atoms with Crippen molar-refractivity contribution in [1.82, 2.24) is 10.2 Å². The first-order chi connectivity index (χ1) is 11.4. The Kier molecular flexibility index (Phi) is 6.23. The number of hydrogen-bond donors (Lipinski definition) is 1. The molecule has 0 spiro atoms. The van der Waals surface area contributed by atoms with E-state index in [9.17, 15) is 9.59 Å². The van der Waals surface area contributed by atoms with Crippen LogP contribution in [0.3, 0.4) is 0 Å². The smallest absolute Gasteiger partial charge is 0.225 e. The lowest BCUT2D eigenvalue weighted by Gasteiger charge is -2.33. The van der Waals surface area contributed by atoms with Gasteiger partial charge in [0.25, 0.3) is 0 Å². The number of carbonyl (C=O) groups excluding carboxylic acids is 2. The molecule has 0 radical (unpaired) electrons. The first kappa shape index (κ1) is 18.3. The highest BCUT2D eigenvalue weighted by Gasteiger charge is 2.29. The molecule has 1 unspecified atom stereocenters. The molecule has 1 heterocycles. The summed E-state index contributed by atoms with van der Waals surface area (Å²) in [6.07, 6.45) is 1.75. The summed E-state index contributed by atoms with van der Waals surface area (Å²) in [5, 5.41) is 3.02. The van der Waals surface area contributed by atoms with Crippen LogP contribution in [0.4, 0.5) is 5.69 Å². The van der Waals surface area contributed by atoms with Crippen LogP contribution in [-0.4, -0.2) is 43.9 Å². The molecule has 0 saturated carbocycles. The zero-order valence-corrected chi connectivity index (χ0v) is 15.2. The number of likely N-dealkylation sites (tertiary alicyclic amines) is 1. The predicted molar refractivity (Wildman–Crippen MR) is 96.8 cm³/mol. The van der Waals surface area contributed by atoms with Gasteiger partial charge in [0.05, 0.1) is 5.92 Å². The fraction of sp³-hybridized carbons (Fsp3) is 0.579. The fourth-order valence-corrected chi connectivity index (χ4v) is 3.00. The van der Waals surface area contributed by atoms with E-state index in [2.05, 4.69) is 5.32 Å². The maximum absolute atomic E-state index is 12.4. The Bertz CT molecular complexity index is 566. The van der Waals surface area contributed by atoms with Gasteiger partial charge in [-0.05, 0) is 30.5 Å². The lowest BCUT2D eigenvalue weighted by Crippen LogP contribution is -2.46. The van der Waals surface area contributed by atoms with Crippen LogP contribution in [0.25, 0.3) is 0 Å². The van der Waals surface area contributed by atoms with Crippen molar-refractivity contribution >= 4 is 17.5 Å². The van der Waals surface area contributed by atoms with Gasteiger partial charge < -0.3 is 15.1 Å². The maximum Gasteiger partial charge on any atom is 0.225 e. The number of amides is 2. The Morgan fingerprint density at radius 3 is 2.50 bits per heavy atom. The summed E-state index contributed by atoms with van der Waals surface area (Å²) in [5.41, 5.74) is 2.22. The molecule has 5 heteroatoms. The van der Waals surface area contributed by atoms with E-state index >= 15 is 0 Å². The van der Waals surface area contributed by atoms with Crippen molar-refractivity contribution in [3.8, 4) is 0 Å². The van der Waals surface area contributed by atoms with E-state index in [1.54, 1.807) is 0 Å². The lowest BCUT2D eigenvalue weighted by molar-refractivity contribution is -0.138. The number of nitrogens with one attached hydrogen (secondary N) is 1. The van der Waals surface area contributed by atoms with Crippen LogP contribution in [-0.2, 0) is 16.1 Å². The van der Waals surface area contributed by atoms with E-state index in [-0.39, 0.29) is 23.7 Å². The van der Waals surface area contributed by atoms with Crippen molar-refractivity contribution in [2.45, 2.75) is 33.2 Å². The molecule has 132 valence electrons. The van der Waals surface area contributed by atoms with Gasteiger partial charge in [-0.25, -0.2) is 0 Å². The van der Waals surface area contributed by atoms with E-state index in [1.165, 1.54) is 0 Å². The molecule has 1 aromatic carbocycles. The molecule has 1 saturated heterocycles. The number of nitrogens with zero attached hydrogens (tertiary/aromatic N) is 2. The van der Waals surface area contributed by atoms with Gasteiger partial charge in [0.15, 0.2) is 0 Å². The van der Waals surface area contributed by atoms with Crippen molar-refractivity contribution in [3.63, 3.8) is 0 Å². The second-order valence-electron chi connectivity index (χ2n) is 7.06. The predicted octanol–water partition coefficient (Wildman–Crippen LogP) is 2.26. The van der Waals surface area contributed by atoms with Gasteiger partial charge in [0, 0.05) is 45.3 Å². The third kappa shape index (κ3) is 4.73. The van der Waals surface area contributed by atoms with Crippen molar-refractivity contribution in [1.29, 1.82) is 0 Å². The summed E-state index contributed by atoms with van der Waals surface area (Å²) in [7, 11) is 4.01. The fourth-order valence-electron chi connectivity index (χ4n) is 3.00. The Labute approximate surface area is 145 Å². The van der Waals surface area contributed by atoms with E-state index in [1.807, 2.05) is 62.0 Å². The van der Waals surface area contributed by atoms with E-state index < -0.39 is 0 Å². The summed E-state index contributed by atoms with van der Waals surface area (Å²) >= 11 is 0. The molecule has 0 bridgehead atoms. The van der Waals surface area contributed by atoms with E-state index in [4.69, 9.17) is 0 Å². The summed E-state index contributed by atoms with van der Waals surface area (Å²) in [6.45, 7) is 5.66. The van der Waals surface area contributed by atoms with Crippen LogP contribution in [0.2, 0.25) is 0 Å². The second-order valence-corrected chi connectivity index (χ2v) is 7.06. The number of benzene rings is 1. The third-order valence-corrected chi connectivity index (χ3v) is 4.52. The van der Waals surface area contributed by atoms with Gasteiger partial charge in [-0.3, -0.25) is 9.59 Å². The third-order valence-electron chi connectivity index (χ3n) is 4.52. The SMILES string of the molecule is CC(C)C(=O)N1CCCC(C(=O)NCc2ccc(N(C)C)cc2)C1. The van der Waals surface area contributed by atoms with Gasteiger partial charge >= 0.3 is 0 Å². The summed E-state index contributed by atoms with van der Waals surface area (Å²) in [5.74, 6) is 0.0873. The Balaban J connectivity index is 1.86. The number of hydrogen-bond acceptors (Lipinski definition) is 3. The van der Waals surface area contributed by atoms with Gasteiger partial charge in [-0.2, -0.15) is 0 Å². The Morgan fingerprint density at radius 2 is 1.92 bits per heavy atom. The van der Waals surface area contributed by atoms with Crippen LogP contribution in [0.15, 0.2) is 24.3 Å². The van der Waals surface area contributed by atoms with Crippen LogP contribution < -0.4 is 10.2 Å². The molecule has 1 fully saturated rings. The molecule has 1 aliphatic rings. The highest BCUT2D eigenvalue weighted by molar-refractivity contribution is 5.82. The highest BCUT2D eigenvalue weighted by atomic mass is 16.2. The number of carbonyl (C=O) groups is 2. The van der Waals surface area contributed by atoms with Gasteiger partial charge in [0.1, 0.15) is 0 Å². The molecule has 1 aromatic rings. The minimum atomic E-state index is -0.0949. The minimum Gasteiger partial charge on any atom is -0.378 e.